The summed E-state index contributed by atoms with van der Waals surface area (Å²) in [5.74, 6) is 0. The van der Waals surface area contributed by atoms with Crippen LogP contribution >= 0.6 is 11.3 Å². The second-order valence-corrected chi connectivity index (χ2v) is 11.0. The Kier molecular flexibility index (Phi) is 5.75. The molecule has 1 aromatic carbocycles. The molecule has 2 aromatic heterocycles. The van der Waals surface area contributed by atoms with E-state index in [0.29, 0.717) is 5.56 Å². The monoisotopic (exact) mass is 422 g/mol. The summed E-state index contributed by atoms with van der Waals surface area (Å²) >= 11 is 1.10. The van der Waals surface area contributed by atoms with Crippen molar-refractivity contribution in [3.05, 3.63) is 77.4 Å². The van der Waals surface area contributed by atoms with E-state index in [4.69, 9.17) is 0 Å². The Morgan fingerprint density at radius 1 is 1.04 bits per heavy atom. The van der Waals surface area contributed by atoms with Crippen molar-refractivity contribution in [3.63, 3.8) is 0 Å². The fraction of sp³-hybridized carbons (Fsp3) is 0.167. The van der Waals surface area contributed by atoms with Crippen molar-refractivity contribution in [3.8, 4) is 0 Å². The Morgan fingerprint density at radius 3 is 2.37 bits per heavy atom. The normalized spacial score (nSPS) is 13.4. The van der Waals surface area contributed by atoms with Crippen LogP contribution < -0.4 is 4.72 Å². The number of sulfonamides is 1. The Labute approximate surface area is 162 Å². The van der Waals surface area contributed by atoms with Gasteiger partial charge in [0.2, 0.25) is 10.0 Å². The number of thiophene rings is 1. The van der Waals surface area contributed by atoms with Crippen LogP contribution in [0.1, 0.15) is 16.4 Å². The maximum Gasteiger partial charge on any atom is 0.240 e. The summed E-state index contributed by atoms with van der Waals surface area (Å²) in [4.78, 5) is 4.06. The zero-order valence-corrected chi connectivity index (χ0v) is 16.9. The molecule has 0 amide bonds. The number of aromatic nitrogens is 1. The van der Waals surface area contributed by atoms with Gasteiger partial charge in [0.15, 0.2) is 9.84 Å². The number of nitrogens with zero attached hydrogens (tertiary/aromatic N) is 1. The van der Waals surface area contributed by atoms with Crippen LogP contribution in [0, 0.1) is 6.92 Å². The van der Waals surface area contributed by atoms with Gasteiger partial charge in [0.25, 0.3) is 0 Å². The van der Waals surface area contributed by atoms with Gasteiger partial charge < -0.3 is 0 Å². The highest BCUT2D eigenvalue weighted by molar-refractivity contribution is 7.93. The summed E-state index contributed by atoms with van der Waals surface area (Å²) in [6.45, 7) is 1.57. The molecule has 0 radical (unpaired) electrons. The first-order chi connectivity index (χ1) is 12.8. The Hall–Kier alpha value is -2.07. The second kappa shape index (κ2) is 7.89. The van der Waals surface area contributed by atoms with Gasteiger partial charge in [0.05, 0.1) is 4.90 Å². The van der Waals surface area contributed by atoms with Crippen molar-refractivity contribution in [1.82, 2.24) is 9.71 Å². The highest BCUT2D eigenvalue weighted by atomic mass is 32.2. The summed E-state index contributed by atoms with van der Waals surface area (Å²) in [5.41, 5.74) is 1.36. The average Bonchev–Trinajstić information content (AvgIpc) is 3.18. The molecule has 27 heavy (non-hydrogen) atoms. The van der Waals surface area contributed by atoms with E-state index in [9.17, 15) is 16.8 Å². The standard InChI is InChI=1S/C18H18N2O4S3/c1-14-6-8-16(9-7-14)27(23,24)20-13-17(15-4-2-10-19-12-15)26(21,22)18-5-3-11-25-18/h2-12,17,20H,13H2,1H3/t17-/m0/s1. The van der Waals surface area contributed by atoms with E-state index in [1.54, 1.807) is 35.7 Å². The molecule has 142 valence electrons. The quantitative estimate of drug-likeness (QED) is 0.632. The van der Waals surface area contributed by atoms with E-state index in [1.807, 2.05) is 6.92 Å². The minimum atomic E-state index is -3.84. The fourth-order valence-corrected chi connectivity index (χ4v) is 6.53. The molecule has 9 heteroatoms. The molecule has 0 aliphatic carbocycles. The smallest absolute Gasteiger partial charge is 0.240 e. The summed E-state index contributed by atoms with van der Waals surface area (Å²) in [5, 5.41) is 0.592. The van der Waals surface area contributed by atoms with Gasteiger partial charge in [-0.05, 0) is 42.1 Å². The Morgan fingerprint density at radius 2 is 1.78 bits per heavy atom. The first-order valence-corrected chi connectivity index (χ1v) is 12.0. The van der Waals surface area contributed by atoms with E-state index >= 15 is 0 Å². The molecule has 0 saturated carbocycles. The SMILES string of the molecule is Cc1ccc(S(=O)(=O)NC[C@@H](c2cccnc2)S(=O)(=O)c2cccs2)cc1. The number of hydrogen-bond donors (Lipinski definition) is 1. The highest BCUT2D eigenvalue weighted by Crippen LogP contribution is 2.31. The van der Waals surface area contributed by atoms with Crippen molar-refractivity contribution >= 4 is 31.2 Å². The predicted molar refractivity (Wildman–Crippen MR) is 105 cm³/mol. The summed E-state index contributed by atoms with van der Waals surface area (Å²) in [7, 11) is -7.61. The molecule has 0 unspecified atom stereocenters. The largest absolute Gasteiger partial charge is 0.264 e. The third kappa shape index (κ3) is 4.44. The molecule has 1 N–H and O–H groups in total. The van der Waals surface area contributed by atoms with Gasteiger partial charge in [-0.15, -0.1) is 11.3 Å². The van der Waals surface area contributed by atoms with Crippen LogP contribution in [-0.4, -0.2) is 28.4 Å². The maximum atomic E-state index is 13.0. The van der Waals surface area contributed by atoms with Crippen LogP contribution in [0.2, 0.25) is 0 Å². The van der Waals surface area contributed by atoms with Crippen LogP contribution in [0.3, 0.4) is 0 Å². The van der Waals surface area contributed by atoms with Crippen molar-refractivity contribution < 1.29 is 16.8 Å². The lowest BCUT2D eigenvalue weighted by atomic mass is 10.2. The molecule has 6 nitrogen and oxygen atoms in total. The molecule has 0 saturated heterocycles. The van der Waals surface area contributed by atoms with E-state index in [-0.39, 0.29) is 15.6 Å². The fourth-order valence-electron chi connectivity index (χ4n) is 2.52. The van der Waals surface area contributed by atoms with E-state index in [1.165, 1.54) is 30.6 Å². The first kappa shape index (κ1) is 19.7. The van der Waals surface area contributed by atoms with Gasteiger partial charge >= 0.3 is 0 Å². The van der Waals surface area contributed by atoms with E-state index < -0.39 is 25.1 Å². The molecule has 1 atom stereocenters. The van der Waals surface area contributed by atoms with Gasteiger partial charge in [-0.1, -0.05) is 29.8 Å². The number of benzene rings is 1. The van der Waals surface area contributed by atoms with Gasteiger partial charge in [-0.2, -0.15) is 0 Å². The predicted octanol–water partition coefficient (Wildman–Crippen LogP) is 2.95. The number of sulfone groups is 1. The summed E-state index contributed by atoms with van der Waals surface area (Å²) in [6.07, 6.45) is 2.98. The third-order valence-corrected chi connectivity index (χ3v) is 8.97. The van der Waals surface area contributed by atoms with Crippen LogP contribution in [0.15, 0.2) is 75.4 Å². The zero-order chi connectivity index (χ0) is 19.5. The molecule has 3 aromatic rings. The summed E-state index contributed by atoms with van der Waals surface area (Å²) in [6, 6.07) is 12.8. The van der Waals surface area contributed by atoms with E-state index in [0.717, 1.165) is 16.9 Å². The van der Waals surface area contributed by atoms with Gasteiger partial charge in [0, 0.05) is 18.9 Å². The lowest BCUT2D eigenvalue weighted by Gasteiger charge is -2.18. The Balaban J connectivity index is 1.92. The maximum absolute atomic E-state index is 13.0. The third-order valence-electron chi connectivity index (χ3n) is 4.00. The molecule has 0 fully saturated rings. The van der Waals surface area contributed by atoms with Crippen LogP contribution in [0.4, 0.5) is 0 Å². The average molecular weight is 423 g/mol. The number of hydrogen-bond acceptors (Lipinski definition) is 6. The molecular formula is C18H18N2O4S3. The van der Waals surface area contributed by atoms with Crippen molar-refractivity contribution in [2.24, 2.45) is 0 Å². The highest BCUT2D eigenvalue weighted by Gasteiger charge is 2.31. The molecule has 0 aliphatic rings. The lowest BCUT2D eigenvalue weighted by Crippen LogP contribution is -2.31. The minimum Gasteiger partial charge on any atom is -0.264 e. The van der Waals surface area contributed by atoms with Gasteiger partial charge in [0.1, 0.15) is 9.46 Å². The van der Waals surface area contributed by atoms with Crippen molar-refractivity contribution in [2.75, 3.05) is 6.54 Å². The number of aryl methyl sites for hydroxylation is 1. The van der Waals surface area contributed by atoms with E-state index in [2.05, 4.69) is 9.71 Å². The number of pyridine rings is 1. The molecule has 0 spiro atoms. The molecule has 2 heterocycles. The van der Waals surface area contributed by atoms with Crippen LogP contribution in [0.25, 0.3) is 0 Å². The molecular weight excluding hydrogens is 404 g/mol. The minimum absolute atomic E-state index is 0.0894. The van der Waals surface area contributed by atoms with Crippen LogP contribution in [-0.2, 0) is 19.9 Å². The molecule has 3 rings (SSSR count). The van der Waals surface area contributed by atoms with Gasteiger partial charge in [-0.25, -0.2) is 21.6 Å². The molecule has 0 bridgehead atoms. The van der Waals surface area contributed by atoms with Crippen LogP contribution in [0.5, 0.6) is 0 Å². The second-order valence-electron chi connectivity index (χ2n) is 5.92. The summed E-state index contributed by atoms with van der Waals surface area (Å²) < 4.78 is 53.8. The lowest BCUT2D eigenvalue weighted by molar-refractivity contribution is 0.569. The Bertz CT molecular complexity index is 1090. The zero-order valence-electron chi connectivity index (χ0n) is 14.4. The van der Waals surface area contributed by atoms with Crippen molar-refractivity contribution in [1.29, 1.82) is 0 Å². The number of rotatable bonds is 7. The molecule has 0 aliphatic heterocycles. The van der Waals surface area contributed by atoms with Crippen molar-refractivity contribution in [2.45, 2.75) is 21.3 Å². The van der Waals surface area contributed by atoms with Gasteiger partial charge in [-0.3, -0.25) is 4.98 Å². The number of nitrogens with one attached hydrogen (secondary N) is 1. The first-order valence-electron chi connectivity index (χ1n) is 8.04. The topological polar surface area (TPSA) is 93.2 Å².